The maximum Gasteiger partial charge on any atom is 0.229 e. The number of fused-ring (bicyclic) bond motifs is 1. The molecule has 2 saturated carbocycles. The summed E-state index contributed by atoms with van der Waals surface area (Å²) in [6, 6.07) is 13.5. The molecule has 2 aliphatic carbocycles. The number of imidazole rings is 1. The highest BCUT2D eigenvalue weighted by molar-refractivity contribution is 6.30. The Bertz CT molecular complexity index is 1700. The topological polar surface area (TPSA) is 102 Å². The third kappa shape index (κ3) is 5.52. The first-order chi connectivity index (χ1) is 20.4. The van der Waals surface area contributed by atoms with Gasteiger partial charge >= 0.3 is 0 Å². The van der Waals surface area contributed by atoms with Crippen molar-refractivity contribution in [2.45, 2.75) is 37.6 Å². The minimum absolute atomic E-state index is 0.00845. The summed E-state index contributed by atoms with van der Waals surface area (Å²) in [5.74, 6) is 0.841. The first kappa shape index (κ1) is 26.7. The average Bonchev–Trinajstić information content (AvgIpc) is 3.93. The van der Waals surface area contributed by atoms with Crippen molar-refractivity contribution in [1.29, 1.82) is 5.26 Å². The van der Waals surface area contributed by atoms with Crippen molar-refractivity contribution in [1.82, 2.24) is 19.3 Å². The molecule has 1 saturated heterocycles. The van der Waals surface area contributed by atoms with Crippen LogP contribution in [0.3, 0.4) is 0 Å². The van der Waals surface area contributed by atoms with Gasteiger partial charge in [-0.15, -0.1) is 0 Å². The molecule has 3 aliphatic rings. The summed E-state index contributed by atoms with van der Waals surface area (Å²) in [5, 5.41) is 16.4. The van der Waals surface area contributed by atoms with E-state index in [-0.39, 0.29) is 17.7 Å². The van der Waals surface area contributed by atoms with Crippen LogP contribution in [0.4, 0.5) is 17.2 Å². The van der Waals surface area contributed by atoms with Gasteiger partial charge in [0.25, 0.3) is 0 Å². The molecule has 3 fully saturated rings. The summed E-state index contributed by atoms with van der Waals surface area (Å²) in [6.07, 6.45) is 9.27. The number of piperazine rings is 1. The van der Waals surface area contributed by atoms with E-state index in [1.165, 1.54) is 24.1 Å². The minimum atomic E-state index is -0.206. The number of hydrogen-bond donors (Lipinski definition) is 2. The second-order valence-corrected chi connectivity index (χ2v) is 12.2. The van der Waals surface area contributed by atoms with E-state index in [1.807, 2.05) is 12.1 Å². The van der Waals surface area contributed by atoms with Crippen molar-refractivity contribution in [2.24, 2.45) is 5.92 Å². The lowest BCUT2D eigenvalue weighted by Crippen LogP contribution is -2.44. The monoisotopic (exact) mass is 580 g/mol. The molecule has 7 rings (SSSR count). The van der Waals surface area contributed by atoms with E-state index in [0.29, 0.717) is 35.3 Å². The van der Waals surface area contributed by atoms with Gasteiger partial charge in [-0.05, 0) is 79.6 Å². The predicted octanol–water partition coefficient (Wildman–Crippen LogP) is 5.24. The van der Waals surface area contributed by atoms with Crippen LogP contribution in [0.1, 0.15) is 53.5 Å². The number of amides is 1. The first-order valence-corrected chi connectivity index (χ1v) is 15.0. The zero-order valence-corrected chi connectivity index (χ0v) is 24.3. The van der Waals surface area contributed by atoms with Gasteiger partial charge in [-0.25, -0.2) is 9.97 Å². The van der Waals surface area contributed by atoms with Gasteiger partial charge in [0.2, 0.25) is 5.91 Å². The molecule has 4 aromatic rings. The lowest BCUT2D eigenvalue weighted by molar-refractivity contribution is -0.117. The quantitative estimate of drug-likeness (QED) is 0.294. The second kappa shape index (κ2) is 10.9. The molecule has 0 radical (unpaired) electrons. The first-order valence-electron chi connectivity index (χ1n) is 14.6. The van der Waals surface area contributed by atoms with E-state index < -0.39 is 0 Å². The van der Waals surface area contributed by atoms with Gasteiger partial charge in [-0.1, -0.05) is 11.6 Å². The number of nitrogens with zero attached hydrogens (tertiary/aromatic N) is 6. The van der Waals surface area contributed by atoms with E-state index in [1.54, 1.807) is 24.4 Å². The van der Waals surface area contributed by atoms with Crippen molar-refractivity contribution in [3.8, 4) is 6.07 Å². The molecular formula is C32H33ClN8O. The Hall–Kier alpha value is -4.13. The van der Waals surface area contributed by atoms with Crippen molar-refractivity contribution in [3.63, 3.8) is 0 Å². The number of anilines is 3. The summed E-state index contributed by atoms with van der Waals surface area (Å²) < 4.78 is 2.19. The Balaban J connectivity index is 1.03. The number of rotatable bonds is 8. The molecule has 1 aliphatic heterocycles. The molecule has 0 bridgehead atoms. The molecule has 214 valence electrons. The normalized spacial score (nSPS) is 20.4. The number of nitriles is 1. The molecule has 10 heteroatoms. The number of aromatic nitrogens is 3. The Labute approximate surface area is 250 Å². The van der Waals surface area contributed by atoms with Crippen LogP contribution in [-0.2, 0) is 11.3 Å². The summed E-state index contributed by atoms with van der Waals surface area (Å²) >= 11 is 6.15. The Morgan fingerprint density at radius 2 is 1.95 bits per heavy atom. The largest absolute Gasteiger partial charge is 0.379 e. The molecule has 1 aromatic carbocycles. The number of likely N-dealkylation sites (N-methyl/N-ethyl adjacent to an activating group) is 1. The van der Waals surface area contributed by atoms with E-state index in [4.69, 9.17) is 16.6 Å². The SMILES string of the molecule is CN1CCN(c2cc(C3CC3)cn3cc(CNc4ccnc(NC(=O)[C@@H]5C[C@H]5c5cc(Cl)ccc5C#N)c4)nc23)CC1. The van der Waals surface area contributed by atoms with E-state index >= 15 is 0 Å². The molecule has 2 N–H and O–H groups in total. The van der Waals surface area contributed by atoms with Crippen molar-refractivity contribution in [2.75, 3.05) is 48.8 Å². The van der Waals surface area contributed by atoms with E-state index in [2.05, 4.69) is 61.4 Å². The van der Waals surface area contributed by atoms with Crippen LogP contribution in [0.2, 0.25) is 5.02 Å². The Kier molecular flexibility index (Phi) is 6.96. The van der Waals surface area contributed by atoms with Crippen LogP contribution in [0.25, 0.3) is 5.65 Å². The minimum Gasteiger partial charge on any atom is -0.379 e. The maximum atomic E-state index is 13.0. The van der Waals surface area contributed by atoms with Crippen LogP contribution in [0, 0.1) is 17.2 Å². The van der Waals surface area contributed by atoms with Gasteiger partial charge in [0.15, 0.2) is 5.65 Å². The smallest absolute Gasteiger partial charge is 0.229 e. The number of carbonyl (C=O) groups excluding carboxylic acids is 1. The summed E-state index contributed by atoms with van der Waals surface area (Å²) in [4.78, 5) is 27.2. The number of hydrogen-bond acceptors (Lipinski definition) is 7. The van der Waals surface area contributed by atoms with Gasteiger partial charge in [-0.3, -0.25) is 4.79 Å². The lowest BCUT2D eigenvalue weighted by atomic mass is 10.0. The van der Waals surface area contributed by atoms with E-state index in [9.17, 15) is 10.1 Å². The summed E-state index contributed by atoms with van der Waals surface area (Å²) in [7, 11) is 2.18. The Morgan fingerprint density at radius 3 is 2.74 bits per heavy atom. The Morgan fingerprint density at radius 1 is 1.12 bits per heavy atom. The third-order valence-corrected chi connectivity index (χ3v) is 8.88. The van der Waals surface area contributed by atoms with Gasteiger partial charge in [0.1, 0.15) is 5.82 Å². The predicted molar refractivity (Wildman–Crippen MR) is 164 cm³/mol. The number of halogens is 1. The highest BCUT2D eigenvalue weighted by atomic mass is 35.5. The van der Waals surface area contributed by atoms with Gasteiger partial charge in [0, 0.05) is 67.5 Å². The molecule has 42 heavy (non-hydrogen) atoms. The van der Waals surface area contributed by atoms with Crippen molar-refractivity contribution < 1.29 is 4.79 Å². The fourth-order valence-electron chi connectivity index (χ4n) is 5.95. The molecule has 3 aromatic heterocycles. The second-order valence-electron chi connectivity index (χ2n) is 11.8. The summed E-state index contributed by atoms with van der Waals surface area (Å²) in [5.41, 5.74) is 6.84. The molecular weight excluding hydrogens is 548 g/mol. The third-order valence-electron chi connectivity index (χ3n) is 8.64. The number of benzene rings is 1. The van der Waals surface area contributed by atoms with Crippen LogP contribution in [0.5, 0.6) is 0 Å². The maximum absolute atomic E-state index is 13.0. The number of pyridine rings is 2. The van der Waals surface area contributed by atoms with Crippen LogP contribution in [0.15, 0.2) is 55.0 Å². The van der Waals surface area contributed by atoms with Crippen molar-refractivity contribution >= 4 is 40.3 Å². The lowest BCUT2D eigenvalue weighted by Gasteiger charge is -2.34. The van der Waals surface area contributed by atoms with Crippen LogP contribution < -0.4 is 15.5 Å². The van der Waals surface area contributed by atoms with Gasteiger partial charge < -0.3 is 24.8 Å². The molecule has 2 atom stereocenters. The van der Waals surface area contributed by atoms with E-state index in [0.717, 1.165) is 48.8 Å². The molecule has 4 heterocycles. The standard InChI is InChI=1S/C32H33ClN8O/c1-39-8-10-40(11-9-39)29-12-22(20-2-3-20)18-41-19-25(37-31(29)41)17-36-24-6-7-35-30(14-24)38-32(42)28-15-27(28)26-13-23(33)5-4-21(26)16-34/h4-7,12-14,18-20,27-28H,2-3,8-11,15,17H2,1H3,(H2,35,36,38,42)/t27-,28+/m0/s1. The molecule has 9 nitrogen and oxygen atoms in total. The highest BCUT2D eigenvalue weighted by Crippen LogP contribution is 2.49. The number of nitrogens with one attached hydrogen (secondary N) is 2. The van der Waals surface area contributed by atoms with Gasteiger partial charge in [0.05, 0.1) is 29.6 Å². The molecule has 0 spiro atoms. The van der Waals surface area contributed by atoms with Crippen LogP contribution >= 0.6 is 11.6 Å². The molecule has 0 unspecified atom stereocenters. The average molecular weight is 581 g/mol. The van der Waals surface area contributed by atoms with Crippen LogP contribution in [-0.4, -0.2) is 58.4 Å². The zero-order chi connectivity index (χ0) is 28.8. The fourth-order valence-corrected chi connectivity index (χ4v) is 6.13. The van der Waals surface area contributed by atoms with Crippen molar-refractivity contribution in [3.05, 3.63) is 82.4 Å². The molecule has 1 amide bonds. The number of carbonyl (C=O) groups is 1. The highest BCUT2D eigenvalue weighted by Gasteiger charge is 2.45. The fraction of sp³-hybridized carbons (Fsp3) is 0.375. The zero-order valence-electron chi connectivity index (χ0n) is 23.6. The van der Waals surface area contributed by atoms with Gasteiger partial charge in [-0.2, -0.15) is 5.26 Å². The summed E-state index contributed by atoms with van der Waals surface area (Å²) in [6.45, 7) is 4.67.